The molecule has 0 spiro atoms. The van der Waals surface area contributed by atoms with Crippen molar-refractivity contribution in [2.24, 2.45) is 0 Å². The molecule has 1 amide bonds. The second kappa shape index (κ2) is 10.2. The molecule has 8 heteroatoms. The molecule has 0 bridgehead atoms. The summed E-state index contributed by atoms with van der Waals surface area (Å²) in [5, 5.41) is 3.34. The number of nitrogens with one attached hydrogen (secondary N) is 1. The Kier molecular flexibility index (Phi) is 8.28. The van der Waals surface area contributed by atoms with Crippen LogP contribution >= 0.6 is 24.8 Å². The van der Waals surface area contributed by atoms with Crippen LogP contribution in [-0.2, 0) is 13.0 Å². The topological polar surface area (TPSA) is 50.2 Å². The summed E-state index contributed by atoms with van der Waals surface area (Å²) < 4.78 is 15.8. The lowest BCUT2D eigenvalue weighted by atomic mass is 10.0. The fraction of sp³-hybridized carbons (Fsp3) is 0.500. The molecule has 1 fully saturated rings. The second-order valence-electron chi connectivity index (χ2n) is 7.15. The number of carbonyl (C=O) groups excluding carboxylic acids is 1. The highest BCUT2D eigenvalue weighted by molar-refractivity contribution is 5.92. The van der Waals surface area contributed by atoms with Gasteiger partial charge in [-0.15, -0.1) is 24.8 Å². The molecule has 0 radical (unpaired) electrons. The summed E-state index contributed by atoms with van der Waals surface area (Å²) in [6.07, 6.45) is 6.72. The average molecular weight is 429 g/mol. The van der Waals surface area contributed by atoms with E-state index in [9.17, 15) is 9.18 Å². The van der Waals surface area contributed by atoms with Gasteiger partial charge in [0.15, 0.2) is 0 Å². The van der Waals surface area contributed by atoms with Gasteiger partial charge in [-0.05, 0) is 30.5 Å². The third-order valence-electron chi connectivity index (χ3n) is 5.38. The van der Waals surface area contributed by atoms with Gasteiger partial charge in [-0.2, -0.15) is 0 Å². The number of nitrogens with zero attached hydrogens (tertiary/aromatic N) is 3. The summed E-state index contributed by atoms with van der Waals surface area (Å²) in [6.45, 7) is 3.32. The number of fused-ring (bicyclic) bond motifs is 1. The molecule has 2 aliphatic rings. The molecule has 1 atom stereocenters. The van der Waals surface area contributed by atoms with Crippen molar-refractivity contribution in [3.63, 3.8) is 0 Å². The zero-order valence-electron chi connectivity index (χ0n) is 15.8. The highest BCUT2D eigenvalue weighted by Gasteiger charge is 2.29. The molecule has 0 aliphatic carbocycles. The Morgan fingerprint density at radius 2 is 2.00 bits per heavy atom. The smallest absolute Gasteiger partial charge is 0.274 e. The number of halogens is 3. The van der Waals surface area contributed by atoms with Crippen LogP contribution in [0, 0.1) is 5.82 Å². The second-order valence-corrected chi connectivity index (χ2v) is 7.15. The number of aromatic nitrogens is 2. The minimum atomic E-state index is -0.250. The van der Waals surface area contributed by atoms with Crippen LogP contribution in [0.4, 0.5) is 4.39 Å². The van der Waals surface area contributed by atoms with Crippen LogP contribution in [0.15, 0.2) is 30.5 Å². The van der Waals surface area contributed by atoms with E-state index in [0.29, 0.717) is 12.2 Å². The molecular formula is C20H27Cl2FN4O. The number of rotatable bonds is 2. The maximum Gasteiger partial charge on any atom is 0.274 e. The Balaban J connectivity index is 0.00000140. The van der Waals surface area contributed by atoms with Gasteiger partial charge in [-0.3, -0.25) is 4.79 Å². The predicted octanol–water partition coefficient (Wildman–Crippen LogP) is 3.77. The molecule has 4 rings (SSSR count). The SMILES string of the molecule is Cl.Cl.O=C(c1cn2c(n1)CCNCC2)N1CCCCCC1c1cccc(F)c1. The molecule has 1 N–H and O–H groups in total. The Labute approximate surface area is 177 Å². The molecule has 2 aliphatic heterocycles. The predicted molar refractivity (Wildman–Crippen MR) is 112 cm³/mol. The van der Waals surface area contributed by atoms with E-state index in [4.69, 9.17) is 0 Å². The number of amides is 1. The number of imidazole rings is 1. The lowest BCUT2D eigenvalue weighted by Crippen LogP contribution is -2.35. The molecule has 2 aromatic rings. The van der Waals surface area contributed by atoms with Crippen LogP contribution in [-0.4, -0.2) is 40.0 Å². The number of benzene rings is 1. The van der Waals surface area contributed by atoms with Crippen LogP contribution < -0.4 is 5.32 Å². The zero-order chi connectivity index (χ0) is 17.9. The molecule has 0 saturated carbocycles. The van der Waals surface area contributed by atoms with Gasteiger partial charge in [0.2, 0.25) is 0 Å². The first-order valence-corrected chi connectivity index (χ1v) is 9.55. The van der Waals surface area contributed by atoms with Crippen molar-refractivity contribution in [1.82, 2.24) is 19.8 Å². The van der Waals surface area contributed by atoms with Gasteiger partial charge in [0.1, 0.15) is 17.3 Å². The molecular weight excluding hydrogens is 402 g/mol. The summed E-state index contributed by atoms with van der Waals surface area (Å²) in [5.74, 6) is 0.686. The first-order valence-electron chi connectivity index (χ1n) is 9.55. The quantitative estimate of drug-likeness (QED) is 0.791. The summed E-state index contributed by atoms with van der Waals surface area (Å²) >= 11 is 0. The molecule has 1 unspecified atom stereocenters. The van der Waals surface area contributed by atoms with E-state index in [0.717, 1.165) is 63.1 Å². The van der Waals surface area contributed by atoms with E-state index in [1.54, 1.807) is 12.1 Å². The van der Waals surface area contributed by atoms with Crippen molar-refractivity contribution < 1.29 is 9.18 Å². The van der Waals surface area contributed by atoms with E-state index >= 15 is 0 Å². The van der Waals surface area contributed by atoms with Crippen LogP contribution in [0.25, 0.3) is 0 Å². The van der Waals surface area contributed by atoms with Crippen molar-refractivity contribution in [2.45, 2.75) is 44.7 Å². The standard InChI is InChI=1S/C20H25FN4O.2ClH/c21-16-6-4-5-15(13-16)18-7-2-1-3-11-25(18)20(26)17-14-24-12-10-22-9-8-19(24)23-17;;/h4-6,13-14,18,22H,1-3,7-12H2;2*1H. The largest absolute Gasteiger partial charge is 0.333 e. The number of hydrogen-bond acceptors (Lipinski definition) is 3. The van der Waals surface area contributed by atoms with Crippen molar-refractivity contribution >= 4 is 30.7 Å². The summed E-state index contributed by atoms with van der Waals surface area (Å²) in [6, 6.07) is 6.58. The van der Waals surface area contributed by atoms with Crippen LogP contribution in [0.1, 0.15) is 53.6 Å². The van der Waals surface area contributed by atoms with Crippen molar-refractivity contribution in [3.05, 3.63) is 53.4 Å². The lowest BCUT2D eigenvalue weighted by molar-refractivity contribution is 0.0674. The highest BCUT2D eigenvalue weighted by Crippen LogP contribution is 2.31. The van der Waals surface area contributed by atoms with Crippen LogP contribution in [0.2, 0.25) is 0 Å². The summed E-state index contributed by atoms with van der Waals surface area (Å²) in [5.41, 5.74) is 1.40. The van der Waals surface area contributed by atoms with Gasteiger partial charge >= 0.3 is 0 Å². The van der Waals surface area contributed by atoms with Crippen molar-refractivity contribution in [2.75, 3.05) is 19.6 Å². The fourth-order valence-corrected chi connectivity index (χ4v) is 4.03. The van der Waals surface area contributed by atoms with Crippen LogP contribution in [0.5, 0.6) is 0 Å². The molecule has 5 nitrogen and oxygen atoms in total. The first kappa shape index (κ1) is 22.7. The van der Waals surface area contributed by atoms with Gasteiger partial charge in [-0.1, -0.05) is 25.0 Å². The normalized spacial score (nSPS) is 19.5. The zero-order valence-corrected chi connectivity index (χ0v) is 17.4. The first-order chi connectivity index (χ1) is 12.7. The van der Waals surface area contributed by atoms with E-state index in [1.807, 2.05) is 17.2 Å². The minimum absolute atomic E-state index is 0. The average Bonchev–Trinajstić information content (AvgIpc) is 2.81. The van der Waals surface area contributed by atoms with Gasteiger partial charge in [-0.25, -0.2) is 9.37 Å². The molecule has 154 valence electrons. The van der Waals surface area contributed by atoms with E-state index in [2.05, 4.69) is 14.9 Å². The lowest BCUT2D eigenvalue weighted by Gasteiger charge is -2.30. The van der Waals surface area contributed by atoms with Crippen molar-refractivity contribution in [1.29, 1.82) is 0 Å². The number of likely N-dealkylation sites (tertiary alicyclic amines) is 1. The van der Waals surface area contributed by atoms with E-state index in [1.165, 1.54) is 6.07 Å². The third kappa shape index (κ3) is 4.85. The summed E-state index contributed by atoms with van der Waals surface area (Å²) in [4.78, 5) is 19.8. The Hall–Kier alpha value is -1.63. The molecule has 1 aromatic heterocycles. The number of carbonyl (C=O) groups is 1. The van der Waals surface area contributed by atoms with Crippen LogP contribution in [0.3, 0.4) is 0 Å². The molecule has 1 aromatic carbocycles. The maximum absolute atomic E-state index is 13.7. The monoisotopic (exact) mass is 428 g/mol. The Bertz CT molecular complexity index is 775. The molecule has 28 heavy (non-hydrogen) atoms. The van der Waals surface area contributed by atoms with E-state index < -0.39 is 0 Å². The van der Waals surface area contributed by atoms with Gasteiger partial charge in [0.05, 0.1) is 6.04 Å². The highest BCUT2D eigenvalue weighted by atomic mass is 35.5. The minimum Gasteiger partial charge on any atom is -0.333 e. The Morgan fingerprint density at radius 1 is 1.14 bits per heavy atom. The Morgan fingerprint density at radius 3 is 2.82 bits per heavy atom. The summed E-state index contributed by atoms with van der Waals surface area (Å²) in [7, 11) is 0. The van der Waals surface area contributed by atoms with Crippen molar-refractivity contribution in [3.8, 4) is 0 Å². The maximum atomic E-state index is 13.7. The molecule has 1 saturated heterocycles. The number of hydrogen-bond donors (Lipinski definition) is 1. The van der Waals surface area contributed by atoms with Gasteiger partial charge in [0, 0.05) is 38.8 Å². The molecule has 3 heterocycles. The van der Waals surface area contributed by atoms with Gasteiger partial charge in [0.25, 0.3) is 5.91 Å². The van der Waals surface area contributed by atoms with Gasteiger partial charge < -0.3 is 14.8 Å². The third-order valence-corrected chi connectivity index (χ3v) is 5.38. The fourth-order valence-electron chi connectivity index (χ4n) is 4.03. The van der Waals surface area contributed by atoms with E-state index in [-0.39, 0.29) is 42.6 Å².